The number of amides is 1. The van der Waals surface area contributed by atoms with Crippen LogP contribution in [0, 0.1) is 6.92 Å². The van der Waals surface area contributed by atoms with E-state index in [1.165, 1.54) is 0 Å². The Hall–Kier alpha value is -1.46. The predicted molar refractivity (Wildman–Crippen MR) is 75.5 cm³/mol. The zero-order chi connectivity index (χ0) is 13.5. The van der Waals surface area contributed by atoms with E-state index in [1.807, 2.05) is 26.0 Å². The van der Waals surface area contributed by atoms with Crippen molar-refractivity contribution in [3.63, 3.8) is 0 Å². The molecule has 0 heterocycles. The summed E-state index contributed by atoms with van der Waals surface area (Å²) in [5.41, 5.74) is 1.49. The first kappa shape index (κ1) is 14.6. The number of carbonyl (C=O) groups is 1. The van der Waals surface area contributed by atoms with Gasteiger partial charge in [0.25, 0.3) is 5.91 Å². The number of aliphatic hydroxyl groups excluding tert-OH is 1. The van der Waals surface area contributed by atoms with Gasteiger partial charge in [-0.2, -0.15) is 0 Å². The molecule has 4 nitrogen and oxygen atoms in total. The smallest absolute Gasteiger partial charge is 0.257 e. The number of rotatable bonds is 4. The van der Waals surface area contributed by atoms with Gasteiger partial charge in [-0.05, 0) is 37.2 Å². The molecule has 1 rings (SSSR count). The molecule has 0 aromatic heterocycles. The second-order valence-corrected chi connectivity index (χ2v) is 4.44. The number of aliphatic hydroxyl groups is 1. The molecule has 98 valence electrons. The lowest BCUT2D eigenvalue weighted by Crippen LogP contribution is -2.45. The molecule has 0 aliphatic carbocycles. The van der Waals surface area contributed by atoms with E-state index in [0.717, 1.165) is 12.0 Å². The van der Waals surface area contributed by atoms with E-state index in [9.17, 15) is 4.79 Å². The summed E-state index contributed by atoms with van der Waals surface area (Å²) in [5, 5.41) is 14.8. The van der Waals surface area contributed by atoms with Crippen LogP contribution in [0.15, 0.2) is 24.3 Å². The zero-order valence-corrected chi connectivity index (χ0v) is 11.4. The summed E-state index contributed by atoms with van der Waals surface area (Å²) >= 11 is 5.03. The van der Waals surface area contributed by atoms with Crippen molar-refractivity contribution >= 4 is 23.2 Å². The maximum Gasteiger partial charge on any atom is 0.257 e. The number of hydrogen-bond donors (Lipinski definition) is 3. The average Bonchev–Trinajstić information content (AvgIpc) is 2.36. The van der Waals surface area contributed by atoms with Crippen molar-refractivity contribution in [2.45, 2.75) is 26.3 Å². The lowest BCUT2D eigenvalue weighted by molar-refractivity contribution is 0.0975. The monoisotopic (exact) mass is 266 g/mol. The summed E-state index contributed by atoms with van der Waals surface area (Å²) in [6.07, 6.45) is 0.733. The third kappa shape index (κ3) is 4.09. The molecule has 0 aliphatic rings. The van der Waals surface area contributed by atoms with Gasteiger partial charge in [0.2, 0.25) is 0 Å². The van der Waals surface area contributed by atoms with E-state index in [-0.39, 0.29) is 23.7 Å². The van der Waals surface area contributed by atoms with Crippen LogP contribution < -0.4 is 10.6 Å². The largest absolute Gasteiger partial charge is 0.394 e. The summed E-state index contributed by atoms with van der Waals surface area (Å²) < 4.78 is 0. The highest BCUT2D eigenvalue weighted by atomic mass is 32.1. The third-order valence-corrected chi connectivity index (χ3v) is 2.89. The normalized spacial score (nSPS) is 11.7. The van der Waals surface area contributed by atoms with Gasteiger partial charge >= 0.3 is 0 Å². The Morgan fingerprint density at radius 1 is 1.44 bits per heavy atom. The summed E-state index contributed by atoms with van der Waals surface area (Å²) in [5.74, 6) is -0.238. The van der Waals surface area contributed by atoms with Crippen molar-refractivity contribution < 1.29 is 9.90 Å². The minimum Gasteiger partial charge on any atom is -0.394 e. The fourth-order valence-corrected chi connectivity index (χ4v) is 1.76. The van der Waals surface area contributed by atoms with Crippen molar-refractivity contribution in [3.8, 4) is 0 Å². The Bertz CT molecular complexity index is 431. The number of aryl methyl sites for hydroxylation is 1. The molecule has 0 spiro atoms. The Balaban J connectivity index is 2.60. The summed E-state index contributed by atoms with van der Waals surface area (Å²) in [7, 11) is 0. The van der Waals surface area contributed by atoms with E-state index < -0.39 is 0 Å². The number of hydrogen-bond acceptors (Lipinski definition) is 3. The van der Waals surface area contributed by atoms with Gasteiger partial charge in [-0.3, -0.25) is 10.1 Å². The molecule has 0 saturated heterocycles. The summed E-state index contributed by atoms with van der Waals surface area (Å²) in [4.78, 5) is 11.9. The van der Waals surface area contributed by atoms with Gasteiger partial charge in [0.1, 0.15) is 0 Å². The molecule has 3 N–H and O–H groups in total. The van der Waals surface area contributed by atoms with Crippen LogP contribution in [0.25, 0.3) is 0 Å². The Morgan fingerprint density at radius 2 is 2.11 bits per heavy atom. The van der Waals surface area contributed by atoms with Gasteiger partial charge in [0.15, 0.2) is 5.11 Å². The zero-order valence-electron chi connectivity index (χ0n) is 10.6. The van der Waals surface area contributed by atoms with Crippen LogP contribution in [0.3, 0.4) is 0 Å². The van der Waals surface area contributed by atoms with Crippen molar-refractivity contribution in [2.24, 2.45) is 0 Å². The van der Waals surface area contributed by atoms with Gasteiger partial charge < -0.3 is 10.4 Å². The topological polar surface area (TPSA) is 61.4 Å². The lowest BCUT2D eigenvalue weighted by atomic mass is 10.1. The highest BCUT2D eigenvalue weighted by Gasteiger charge is 2.12. The van der Waals surface area contributed by atoms with E-state index in [2.05, 4.69) is 10.6 Å². The molecule has 1 aromatic rings. The van der Waals surface area contributed by atoms with Crippen molar-refractivity contribution in [1.82, 2.24) is 10.6 Å². The van der Waals surface area contributed by atoms with Crippen molar-refractivity contribution in [3.05, 3.63) is 35.4 Å². The molecule has 1 unspecified atom stereocenters. The first-order valence-corrected chi connectivity index (χ1v) is 6.27. The van der Waals surface area contributed by atoms with Crippen LogP contribution in [0.2, 0.25) is 0 Å². The number of carbonyl (C=O) groups excluding carboxylic acids is 1. The van der Waals surface area contributed by atoms with Gasteiger partial charge in [-0.15, -0.1) is 0 Å². The maximum atomic E-state index is 11.9. The molecule has 1 amide bonds. The van der Waals surface area contributed by atoms with Crippen LogP contribution in [0.4, 0.5) is 0 Å². The standard InChI is InChI=1S/C13H18N2O2S/c1-3-10(8-16)14-13(18)15-12(17)11-7-5-4-6-9(11)2/h4-7,10,16H,3,8H2,1-2H3,(H2,14,15,17,18). The minimum absolute atomic E-state index is 0.0170. The highest BCUT2D eigenvalue weighted by molar-refractivity contribution is 7.80. The van der Waals surface area contributed by atoms with E-state index in [4.69, 9.17) is 17.3 Å². The average molecular weight is 266 g/mol. The van der Waals surface area contributed by atoms with Crippen LogP contribution in [-0.4, -0.2) is 28.8 Å². The fourth-order valence-electron chi connectivity index (χ4n) is 1.50. The SMILES string of the molecule is CCC(CO)NC(=S)NC(=O)c1ccccc1C. The van der Waals surface area contributed by atoms with Gasteiger partial charge in [0.05, 0.1) is 12.6 Å². The van der Waals surface area contributed by atoms with Crippen LogP contribution in [0.5, 0.6) is 0 Å². The fraction of sp³-hybridized carbons (Fsp3) is 0.385. The third-order valence-electron chi connectivity index (χ3n) is 2.67. The second kappa shape index (κ2) is 7.08. The van der Waals surface area contributed by atoms with Crippen LogP contribution in [-0.2, 0) is 0 Å². The highest BCUT2D eigenvalue weighted by Crippen LogP contribution is 2.06. The molecule has 0 bridgehead atoms. The van der Waals surface area contributed by atoms with Gasteiger partial charge in [0, 0.05) is 5.56 Å². The van der Waals surface area contributed by atoms with Crippen molar-refractivity contribution in [2.75, 3.05) is 6.61 Å². The summed E-state index contributed by atoms with van der Waals surface area (Å²) in [6.45, 7) is 3.78. The molecule has 0 radical (unpaired) electrons. The number of thiocarbonyl (C=S) groups is 1. The molecule has 1 atom stereocenters. The summed E-state index contributed by atoms with van der Waals surface area (Å²) in [6, 6.07) is 7.17. The second-order valence-electron chi connectivity index (χ2n) is 4.03. The molecule has 1 aromatic carbocycles. The maximum absolute atomic E-state index is 11.9. The van der Waals surface area contributed by atoms with Crippen molar-refractivity contribution in [1.29, 1.82) is 0 Å². The Kier molecular flexibility index (Phi) is 5.74. The van der Waals surface area contributed by atoms with E-state index >= 15 is 0 Å². The van der Waals surface area contributed by atoms with E-state index in [1.54, 1.807) is 12.1 Å². The first-order chi connectivity index (χ1) is 8.58. The molecule has 0 aliphatic heterocycles. The molecule has 0 fully saturated rings. The predicted octanol–water partition coefficient (Wildman–Crippen LogP) is 1.37. The van der Waals surface area contributed by atoms with Gasteiger partial charge in [-0.25, -0.2) is 0 Å². The lowest BCUT2D eigenvalue weighted by Gasteiger charge is -2.16. The molecular formula is C13H18N2O2S. The number of benzene rings is 1. The number of nitrogens with one attached hydrogen (secondary N) is 2. The van der Waals surface area contributed by atoms with Crippen LogP contribution in [0.1, 0.15) is 29.3 Å². The Morgan fingerprint density at radius 3 is 2.67 bits per heavy atom. The molecule has 5 heteroatoms. The molecular weight excluding hydrogens is 248 g/mol. The van der Waals surface area contributed by atoms with E-state index in [0.29, 0.717) is 5.56 Å². The molecule has 18 heavy (non-hydrogen) atoms. The molecule has 0 saturated carbocycles. The van der Waals surface area contributed by atoms with Crippen LogP contribution >= 0.6 is 12.2 Å². The Labute approximate surface area is 112 Å². The minimum atomic E-state index is -0.238. The van der Waals surface area contributed by atoms with Gasteiger partial charge in [-0.1, -0.05) is 25.1 Å². The quantitative estimate of drug-likeness (QED) is 0.720. The first-order valence-electron chi connectivity index (χ1n) is 5.86.